The Morgan fingerprint density at radius 2 is 1.77 bits per heavy atom. The molecule has 136 valence electrons. The zero-order valence-corrected chi connectivity index (χ0v) is 14.2. The van der Waals surface area contributed by atoms with Crippen LogP contribution in [0.3, 0.4) is 0 Å². The van der Waals surface area contributed by atoms with Crippen LogP contribution in [0.1, 0.15) is 19.3 Å². The summed E-state index contributed by atoms with van der Waals surface area (Å²) >= 11 is 0. The number of anilines is 1. The zero-order valence-electron chi connectivity index (χ0n) is 14.2. The molecular formula is C19H20N2O5. The van der Waals surface area contributed by atoms with Gasteiger partial charge in [0.2, 0.25) is 5.91 Å². The maximum Gasteiger partial charge on any atom is 0.269 e. The number of hydrogen-bond acceptors (Lipinski definition) is 5. The van der Waals surface area contributed by atoms with E-state index in [2.05, 4.69) is 5.32 Å². The second-order valence-electron chi connectivity index (χ2n) is 6.09. The van der Waals surface area contributed by atoms with Gasteiger partial charge in [0.15, 0.2) is 0 Å². The summed E-state index contributed by atoms with van der Waals surface area (Å²) in [5, 5.41) is 13.5. The van der Waals surface area contributed by atoms with Gasteiger partial charge in [0, 0.05) is 36.2 Å². The fourth-order valence-corrected chi connectivity index (χ4v) is 2.36. The SMILES string of the molecule is O=C(Nc1cccc(OCCCOc2ccc([N+](=O)[O-])cc2)c1)C1CC1. The molecule has 1 N–H and O–H groups in total. The zero-order chi connectivity index (χ0) is 18.4. The van der Waals surface area contributed by atoms with Gasteiger partial charge in [-0.25, -0.2) is 0 Å². The Balaban J connectivity index is 1.38. The fraction of sp³-hybridized carbons (Fsp3) is 0.316. The first-order valence-corrected chi connectivity index (χ1v) is 8.53. The van der Waals surface area contributed by atoms with Crippen molar-refractivity contribution >= 4 is 17.3 Å². The summed E-state index contributed by atoms with van der Waals surface area (Å²) in [6.45, 7) is 0.906. The van der Waals surface area contributed by atoms with Crippen LogP contribution in [0.5, 0.6) is 11.5 Å². The van der Waals surface area contributed by atoms with Crippen molar-refractivity contribution in [3.8, 4) is 11.5 Å². The lowest BCUT2D eigenvalue weighted by molar-refractivity contribution is -0.384. The monoisotopic (exact) mass is 356 g/mol. The standard InChI is InChI=1S/C19H20N2O5/c22-19(14-5-6-14)20-15-3-1-4-18(13-15)26-12-2-11-25-17-9-7-16(8-10-17)21(23)24/h1,3-4,7-10,13-14H,2,5-6,11-12H2,(H,20,22). The predicted octanol–water partition coefficient (Wildman–Crippen LogP) is 3.79. The van der Waals surface area contributed by atoms with Crippen LogP contribution in [0.15, 0.2) is 48.5 Å². The average molecular weight is 356 g/mol. The quantitative estimate of drug-likeness (QED) is 0.419. The van der Waals surface area contributed by atoms with Gasteiger partial charge in [-0.15, -0.1) is 0 Å². The highest BCUT2D eigenvalue weighted by Gasteiger charge is 2.29. The normalized spacial score (nSPS) is 13.1. The van der Waals surface area contributed by atoms with Crippen LogP contribution in [0.4, 0.5) is 11.4 Å². The molecule has 1 fully saturated rings. The van der Waals surface area contributed by atoms with Gasteiger partial charge in [-0.1, -0.05) is 6.07 Å². The number of nitro groups is 1. The molecule has 0 radical (unpaired) electrons. The Labute approximate surface area is 151 Å². The highest BCUT2D eigenvalue weighted by Crippen LogP contribution is 2.30. The lowest BCUT2D eigenvalue weighted by Crippen LogP contribution is -2.13. The molecule has 1 aliphatic carbocycles. The number of nitrogens with zero attached hydrogens (tertiary/aromatic N) is 1. The van der Waals surface area contributed by atoms with Gasteiger partial charge in [-0.05, 0) is 37.1 Å². The second kappa shape index (κ2) is 8.33. The topological polar surface area (TPSA) is 90.7 Å². The molecule has 0 spiro atoms. The minimum absolute atomic E-state index is 0.0364. The minimum Gasteiger partial charge on any atom is -0.493 e. The number of nitrogens with one attached hydrogen (secondary N) is 1. The maximum absolute atomic E-state index is 11.8. The summed E-state index contributed by atoms with van der Waals surface area (Å²) in [4.78, 5) is 21.9. The van der Waals surface area contributed by atoms with Crippen LogP contribution in [-0.4, -0.2) is 24.0 Å². The Bertz CT molecular complexity index is 772. The lowest BCUT2D eigenvalue weighted by atomic mass is 10.3. The van der Waals surface area contributed by atoms with Gasteiger partial charge in [0.25, 0.3) is 5.69 Å². The van der Waals surface area contributed by atoms with Crippen molar-refractivity contribution in [2.75, 3.05) is 18.5 Å². The molecule has 0 atom stereocenters. The molecule has 7 heteroatoms. The number of nitro benzene ring substituents is 1. The van der Waals surface area contributed by atoms with E-state index in [1.165, 1.54) is 12.1 Å². The Morgan fingerprint density at radius 1 is 1.08 bits per heavy atom. The van der Waals surface area contributed by atoms with E-state index in [0.29, 0.717) is 31.1 Å². The molecule has 1 aliphatic rings. The van der Waals surface area contributed by atoms with Crippen LogP contribution >= 0.6 is 0 Å². The number of ether oxygens (including phenoxy) is 2. The molecule has 1 saturated carbocycles. The number of benzene rings is 2. The number of carbonyl (C=O) groups excluding carboxylic acids is 1. The first-order chi connectivity index (χ1) is 12.6. The van der Waals surface area contributed by atoms with Gasteiger partial charge in [-0.2, -0.15) is 0 Å². The van der Waals surface area contributed by atoms with Crippen molar-refractivity contribution in [1.82, 2.24) is 0 Å². The number of hydrogen-bond donors (Lipinski definition) is 1. The van der Waals surface area contributed by atoms with E-state index in [0.717, 1.165) is 18.5 Å². The molecule has 3 rings (SSSR count). The minimum atomic E-state index is -0.446. The van der Waals surface area contributed by atoms with E-state index < -0.39 is 4.92 Å². The van der Waals surface area contributed by atoms with Crippen LogP contribution in [0, 0.1) is 16.0 Å². The van der Waals surface area contributed by atoms with Crippen LogP contribution in [0.2, 0.25) is 0 Å². The molecule has 26 heavy (non-hydrogen) atoms. The van der Waals surface area contributed by atoms with Crippen molar-refractivity contribution in [1.29, 1.82) is 0 Å². The van der Waals surface area contributed by atoms with Gasteiger partial charge in [0.05, 0.1) is 18.1 Å². The molecule has 0 aromatic heterocycles. The molecule has 2 aromatic rings. The second-order valence-corrected chi connectivity index (χ2v) is 6.09. The summed E-state index contributed by atoms with van der Waals surface area (Å²) in [6, 6.07) is 13.3. The molecule has 0 unspecified atom stereocenters. The summed E-state index contributed by atoms with van der Waals surface area (Å²) < 4.78 is 11.2. The van der Waals surface area contributed by atoms with Gasteiger partial charge in [-0.3, -0.25) is 14.9 Å². The first-order valence-electron chi connectivity index (χ1n) is 8.53. The van der Waals surface area contributed by atoms with Gasteiger partial charge < -0.3 is 14.8 Å². The van der Waals surface area contributed by atoms with Crippen LogP contribution < -0.4 is 14.8 Å². The van der Waals surface area contributed by atoms with E-state index in [4.69, 9.17) is 9.47 Å². The number of rotatable bonds is 9. The van der Waals surface area contributed by atoms with Crippen molar-refractivity contribution in [2.24, 2.45) is 5.92 Å². The van der Waals surface area contributed by atoms with E-state index in [1.54, 1.807) is 18.2 Å². The Morgan fingerprint density at radius 3 is 2.42 bits per heavy atom. The highest BCUT2D eigenvalue weighted by atomic mass is 16.6. The highest BCUT2D eigenvalue weighted by molar-refractivity contribution is 5.94. The summed E-state index contributed by atoms with van der Waals surface area (Å²) in [7, 11) is 0. The van der Waals surface area contributed by atoms with Gasteiger partial charge >= 0.3 is 0 Å². The molecule has 2 aromatic carbocycles. The average Bonchev–Trinajstić information content (AvgIpc) is 3.47. The Hall–Kier alpha value is -3.09. The summed E-state index contributed by atoms with van der Waals surface area (Å²) in [6.07, 6.45) is 2.60. The number of amides is 1. The first kappa shape index (κ1) is 17.7. The number of non-ortho nitro benzene ring substituents is 1. The van der Waals surface area contributed by atoms with Crippen LogP contribution in [-0.2, 0) is 4.79 Å². The smallest absolute Gasteiger partial charge is 0.269 e. The van der Waals surface area contributed by atoms with E-state index >= 15 is 0 Å². The molecule has 0 bridgehead atoms. The third kappa shape index (κ3) is 5.20. The molecular weight excluding hydrogens is 336 g/mol. The third-order valence-electron chi connectivity index (χ3n) is 3.92. The largest absolute Gasteiger partial charge is 0.493 e. The van der Waals surface area contributed by atoms with E-state index in [9.17, 15) is 14.9 Å². The molecule has 0 aliphatic heterocycles. The molecule has 0 heterocycles. The molecule has 0 saturated heterocycles. The van der Waals surface area contributed by atoms with Crippen molar-refractivity contribution < 1.29 is 19.2 Å². The summed E-state index contributed by atoms with van der Waals surface area (Å²) in [5.74, 6) is 1.50. The van der Waals surface area contributed by atoms with Gasteiger partial charge in [0.1, 0.15) is 11.5 Å². The number of carbonyl (C=O) groups is 1. The summed E-state index contributed by atoms with van der Waals surface area (Å²) in [5.41, 5.74) is 0.774. The van der Waals surface area contributed by atoms with Crippen molar-refractivity contribution in [3.63, 3.8) is 0 Å². The van der Waals surface area contributed by atoms with Crippen molar-refractivity contribution in [2.45, 2.75) is 19.3 Å². The fourth-order valence-electron chi connectivity index (χ4n) is 2.36. The van der Waals surface area contributed by atoms with E-state index in [-0.39, 0.29) is 17.5 Å². The van der Waals surface area contributed by atoms with Crippen LogP contribution in [0.25, 0.3) is 0 Å². The molecule has 1 amide bonds. The Kier molecular flexibility index (Phi) is 5.68. The predicted molar refractivity (Wildman–Crippen MR) is 96.5 cm³/mol. The third-order valence-corrected chi connectivity index (χ3v) is 3.92. The lowest BCUT2D eigenvalue weighted by Gasteiger charge is -2.10. The van der Waals surface area contributed by atoms with Crippen molar-refractivity contribution in [3.05, 3.63) is 58.6 Å². The van der Waals surface area contributed by atoms with E-state index in [1.807, 2.05) is 18.2 Å². The molecule has 7 nitrogen and oxygen atoms in total. The maximum atomic E-state index is 11.8.